The Hall–Kier alpha value is -2.09. The minimum absolute atomic E-state index is 0.0972. The van der Waals surface area contributed by atoms with E-state index in [1.807, 2.05) is 13.8 Å². The SMILES string of the molecule is CCCNC(C)c1nnc(Nc2ccc(F)c(F)c2F)o1. The van der Waals surface area contributed by atoms with E-state index >= 15 is 0 Å². The average molecular weight is 300 g/mol. The van der Waals surface area contributed by atoms with Crippen molar-refractivity contribution < 1.29 is 17.6 Å². The van der Waals surface area contributed by atoms with Gasteiger partial charge in [-0.1, -0.05) is 12.0 Å². The van der Waals surface area contributed by atoms with Gasteiger partial charge in [0.25, 0.3) is 0 Å². The van der Waals surface area contributed by atoms with Crippen LogP contribution < -0.4 is 10.6 Å². The molecule has 1 aromatic carbocycles. The molecular formula is C13H15F3N4O. The molecule has 1 atom stereocenters. The van der Waals surface area contributed by atoms with Crippen molar-refractivity contribution in [2.75, 3.05) is 11.9 Å². The van der Waals surface area contributed by atoms with Crippen molar-refractivity contribution in [3.8, 4) is 0 Å². The van der Waals surface area contributed by atoms with Gasteiger partial charge in [-0.25, -0.2) is 13.2 Å². The van der Waals surface area contributed by atoms with Crippen LogP contribution in [0.25, 0.3) is 0 Å². The molecule has 0 spiro atoms. The molecule has 0 saturated heterocycles. The molecule has 2 aromatic rings. The molecule has 8 heteroatoms. The lowest BCUT2D eigenvalue weighted by molar-refractivity contribution is 0.423. The first-order chi connectivity index (χ1) is 10.0. The minimum atomic E-state index is -1.56. The Bertz CT molecular complexity index is 617. The first-order valence-corrected chi connectivity index (χ1v) is 6.50. The van der Waals surface area contributed by atoms with Crippen LogP contribution in [0.3, 0.4) is 0 Å². The summed E-state index contributed by atoms with van der Waals surface area (Å²) in [5, 5.41) is 13.1. The molecule has 0 saturated carbocycles. The summed E-state index contributed by atoms with van der Waals surface area (Å²) in [6.45, 7) is 4.64. The van der Waals surface area contributed by atoms with Gasteiger partial charge >= 0.3 is 6.01 Å². The van der Waals surface area contributed by atoms with Gasteiger partial charge < -0.3 is 15.1 Å². The van der Waals surface area contributed by atoms with Gasteiger partial charge in [0.15, 0.2) is 17.5 Å². The zero-order chi connectivity index (χ0) is 15.4. The maximum absolute atomic E-state index is 13.5. The first-order valence-electron chi connectivity index (χ1n) is 6.50. The topological polar surface area (TPSA) is 63.0 Å². The fraction of sp³-hybridized carbons (Fsp3) is 0.385. The Kier molecular flexibility index (Phi) is 4.79. The molecule has 0 aliphatic rings. The summed E-state index contributed by atoms with van der Waals surface area (Å²) in [5.41, 5.74) is -0.279. The van der Waals surface area contributed by atoms with Crippen molar-refractivity contribution in [1.29, 1.82) is 0 Å². The largest absolute Gasteiger partial charge is 0.406 e. The Morgan fingerprint density at radius 1 is 1.19 bits per heavy atom. The molecule has 0 aliphatic heterocycles. The van der Waals surface area contributed by atoms with Crippen LogP contribution in [0.15, 0.2) is 16.5 Å². The van der Waals surface area contributed by atoms with E-state index in [-0.39, 0.29) is 17.7 Å². The van der Waals surface area contributed by atoms with Gasteiger partial charge in [0.2, 0.25) is 5.89 Å². The smallest absolute Gasteiger partial charge is 0.320 e. The van der Waals surface area contributed by atoms with Crippen LogP contribution in [0.1, 0.15) is 32.2 Å². The third-order valence-electron chi connectivity index (χ3n) is 2.79. The highest BCUT2D eigenvalue weighted by molar-refractivity contribution is 5.52. The van der Waals surface area contributed by atoms with Crippen LogP contribution >= 0.6 is 0 Å². The molecule has 0 bridgehead atoms. The summed E-state index contributed by atoms with van der Waals surface area (Å²) < 4.78 is 44.7. The zero-order valence-corrected chi connectivity index (χ0v) is 11.6. The number of benzene rings is 1. The summed E-state index contributed by atoms with van der Waals surface area (Å²) in [6.07, 6.45) is 0.948. The van der Waals surface area contributed by atoms with E-state index in [0.717, 1.165) is 25.1 Å². The number of aromatic nitrogens is 2. The summed E-state index contributed by atoms with van der Waals surface area (Å²) in [7, 11) is 0. The maximum Gasteiger partial charge on any atom is 0.320 e. The molecule has 1 unspecified atom stereocenters. The lowest BCUT2D eigenvalue weighted by Gasteiger charge is -2.07. The predicted molar refractivity (Wildman–Crippen MR) is 70.6 cm³/mol. The Morgan fingerprint density at radius 3 is 2.67 bits per heavy atom. The third kappa shape index (κ3) is 3.52. The van der Waals surface area contributed by atoms with Crippen LogP contribution in [0.2, 0.25) is 0 Å². The Labute approximate surface area is 119 Å². The van der Waals surface area contributed by atoms with Gasteiger partial charge in [0.1, 0.15) is 0 Å². The molecule has 1 aromatic heterocycles. The van der Waals surface area contributed by atoms with E-state index in [1.54, 1.807) is 0 Å². The summed E-state index contributed by atoms with van der Waals surface area (Å²) in [6, 6.07) is 1.60. The number of rotatable bonds is 6. The second kappa shape index (κ2) is 6.57. The summed E-state index contributed by atoms with van der Waals surface area (Å²) in [4.78, 5) is 0. The van der Waals surface area contributed by atoms with Crippen molar-refractivity contribution in [1.82, 2.24) is 15.5 Å². The Morgan fingerprint density at radius 2 is 1.95 bits per heavy atom. The molecule has 2 rings (SSSR count). The predicted octanol–water partition coefficient (Wildman–Crippen LogP) is 3.29. The molecule has 114 valence electrons. The quantitative estimate of drug-likeness (QED) is 0.802. The number of nitrogens with one attached hydrogen (secondary N) is 2. The van der Waals surface area contributed by atoms with Gasteiger partial charge in [-0.2, -0.15) is 0 Å². The van der Waals surface area contributed by atoms with E-state index in [0.29, 0.717) is 5.89 Å². The second-order valence-corrected chi connectivity index (χ2v) is 4.47. The van der Waals surface area contributed by atoms with Crippen LogP contribution in [0.5, 0.6) is 0 Å². The van der Waals surface area contributed by atoms with Crippen LogP contribution in [-0.2, 0) is 0 Å². The Balaban J connectivity index is 2.11. The fourth-order valence-electron chi connectivity index (χ4n) is 1.65. The lowest BCUT2D eigenvalue weighted by atomic mass is 10.3. The number of halogens is 3. The third-order valence-corrected chi connectivity index (χ3v) is 2.79. The van der Waals surface area contributed by atoms with Crippen molar-refractivity contribution in [3.63, 3.8) is 0 Å². The van der Waals surface area contributed by atoms with E-state index in [9.17, 15) is 13.2 Å². The average Bonchev–Trinajstić information content (AvgIpc) is 2.94. The molecule has 0 aliphatic carbocycles. The number of anilines is 2. The van der Waals surface area contributed by atoms with Crippen LogP contribution in [0, 0.1) is 17.5 Å². The molecule has 0 amide bonds. The molecule has 0 fully saturated rings. The molecule has 21 heavy (non-hydrogen) atoms. The van der Waals surface area contributed by atoms with E-state index in [2.05, 4.69) is 20.8 Å². The van der Waals surface area contributed by atoms with Crippen molar-refractivity contribution in [3.05, 3.63) is 35.5 Å². The highest BCUT2D eigenvalue weighted by Gasteiger charge is 2.17. The van der Waals surface area contributed by atoms with Crippen LogP contribution in [-0.4, -0.2) is 16.7 Å². The van der Waals surface area contributed by atoms with Gasteiger partial charge in [0, 0.05) is 0 Å². The van der Waals surface area contributed by atoms with Gasteiger partial charge in [-0.3, -0.25) is 0 Å². The van der Waals surface area contributed by atoms with E-state index < -0.39 is 17.5 Å². The fourth-order valence-corrected chi connectivity index (χ4v) is 1.65. The summed E-state index contributed by atoms with van der Waals surface area (Å²) in [5.74, 6) is -3.85. The van der Waals surface area contributed by atoms with Gasteiger partial charge in [-0.05, 0) is 32.0 Å². The highest BCUT2D eigenvalue weighted by Crippen LogP contribution is 2.23. The maximum atomic E-state index is 13.5. The second-order valence-electron chi connectivity index (χ2n) is 4.47. The molecule has 1 heterocycles. The van der Waals surface area contributed by atoms with E-state index in [4.69, 9.17) is 4.42 Å². The number of hydrogen-bond donors (Lipinski definition) is 2. The van der Waals surface area contributed by atoms with Gasteiger partial charge in [0.05, 0.1) is 11.7 Å². The highest BCUT2D eigenvalue weighted by atomic mass is 19.2. The molecular weight excluding hydrogens is 285 g/mol. The van der Waals surface area contributed by atoms with Crippen molar-refractivity contribution >= 4 is 11.7 Å². The van der Waals surface area contributed by atoms with E-state index in [1.165, 1.54) is 0 Å². The van der Waals surface area contributed by atoms with Crippen molar-refractivity contribution in [2.45, 2.75) is 26.3 Å². The van der Waals surface area contributed by atoms with Gasteiger partial charge in [-0.15, -0.1) is 5.10 Å². The molecule has 0 radical (unpaired) electrons. The monoisotopic (exact) mass is 300 g/mol. The normalized spacial score (nSPS) is 12.4. The van der Waals surface area contributed by atoms with Crippen molar-refractivity contribution in [2.24, 2.45) is 0 Å². The molecule has 2 N–H and O–H groups in total. The first kappa shape index (κ1) is 15.3. The lowest BCUT2D eigenvalue weighted by Crippen LogP contribution is -2.19. The van der Waals surface area contributed by atoms with Crippen LogP contribution in [0.4, 0.5) is 24.9 Å². The number of nitrogens with zero attached hydrogens (tertiary/aromatic N) is 2. The summed E-state index contributed by atoms with van der Waals surface area (Å²) >= 11 is 0. The number of hydrogen-bond acceptors (Lipinski definition) is 5. The molecule has 5 nitrogen and oxygen atoms in total. The standard InChI is InChI=1S/C13H15F3N4O/c1-3-6-17-7(2)12-19-20-13(21-12)18-9-5-4-8(14)10(15)11(9)16/h4-5,7,17H,3,6H2,1-2H3,(H,18,20). The zero-order valence-electron chi connectivity index (χ0n) is 11.6. The minimum Gasteiger partial charge on any atom is -0.406 e.